The molecule has 1 atom stereocenters. The van der Waals surface area contributed by atoms with Gasteiger partial charge in [-0.2, -0.15) is 0 Å². The summed E-state index contributed by atoms with van der Waals surface area (Å²) < 4.78 is 10.8. The third-order valence-electron chi connectivity index (χ3n) is 4.00. The van der Waals surface area contributed by atoms with Crippen LogP contribution in [0.4, 0.5) is 0 Å². The molecule has 122 valence electrons. The lowest BCUT2D eigenvalue weighted by Gasteiger charge is -2.06. The molecule has 1 saturated heterocycles. The van der Waals surface area contributed by atoms with Crippen molar-refractivity contribution in [1.82, 2.24) is 0 Å². The van der Waals surface area contributed by atoms with E-state index in [2.05, 4.69) is 43.3 Å². The SMILES string of the molecule is CC/C=C/CCCCCCCc1ccc(OCC2CO2)cc1. The molecule has 0 amide bonds. The van der Waals surface area contributed by atoms with Crippen LogP contribution in [-0.2, 0) is 11.2 Å². The number of epoxide rings is 1. The molecule has 2 heteroatoms. The molecular formula is C20H30O2. The van der Waals surface area contributed by atoms with Crippen molar-refractivity contribution in [1.29, 1.82) is 0 Å². The summed E-state index contributed by atoms with van der Waals surface area (Å²) in [7, 11) is 0. The summed E-state index contributed by atoms with van der Waals surface area (Å²) in [6, 6.07) is 8.55. The number of hydrogen-bond acceptors (Lipinski definition) is 2. The van der Waals surface area contributed by atoms with Crippen LogP contribution in [0.5, 0.6) is 5.75 Å². The quantitative estimate of drug-likeness (QED) is 0.296. The zero-order valence-corrected chi connectivity index (χ0v) is 13.9. The topological polar surface area (TPSA) is 21.8 Å². The second-order valence-corrected chi connectivity index (χ2v) is 6.10. The van der Waals surface area contributed by atoms with E-state index in [1.165, 1.54) is 50.5 Å². The Labute approximate surface area is 135 Å². The van der Waals surface area contributed by atoms with E-state index in [4.69, 9.17) is 9.47 Å². The van der Waals surface area contributed by atoms with Gasteiger partial charge in [-0.1, -0.05) is 50.5 Å². The van der Waals surface area contributed by atoms with Crippen molar-refractivity contribution in [3.63, 3.8) is 0 Å². The second-order valence-electron chi connectivity index (χ2n) is 6.10. The molecule has 0 saturated carbocycles. The highest BCUT2D eigenvalue weighted by Gasteiger charge is 2.22. The Kier molecular flexibility index (Phi) is 8.11. The largest absolute Gasteiger partial charge is 0.491 e. The number of rotatable bonds is 12. The molecule has 1 aromatic rings. The van der Waals surface area contributed by atoms with Gasteiger partial charge in [0, 0.05) is 0 Å². The Morgan fingerprint density at radius 1 is 1.05 bits per heavy atom. The van der Waals surface area contributed by atoms with E-state index in [1.54, 1.807) is 0 Å². The highest BCUT2D eigenvalue weighted by atomic mass is 16.6. The fourth-order valence-electron chi connectivity index (χ4n) is 2.51. The maximum Gasteiger partial charge on any atom is 0.119 e. The molecular weight excluding hydrogens is 272 g/mol. The monoisotopic (exact) mass is 302 g/mol. The average molecular weight is 302 g/mol. The van der Waals surface area contributed by atoms with Crippen molar-refractivity contribution in [2.75, 3.05) is 13.2 Å². The number of unbranched alkanes of at least 4 members (excludes halogenated alkanes) is 5. The van der Waals surface area contributed by atoms with Gasteiger partial charge < -0.3 is 9.47 Å². The van der Waals surface area contributed by atoms with Crippen molar-refractivity contribution in [3.8, 4) is 5.75 Å². The van der Waals surface area contributed by atoms with Gasteiger partial charge in [0.1, 0.15) is 18.5 Å². The molecule has 1 heterocycles. The molecule has 0 bridgehead atoms. The predicted molar refractivity (Wildman–Crippen MR) is 92.5 cm³/mol. The number of aryl methyl sites for hydroxylation is 1. The van der Waals surface area contributed by atoms with Gasteiger partial charge in [-0.05, 0) is 49.8 Å². The van der Waals surface area contributed by atoms with Crippen LogP contribution < -0.4 is 4.74 Å². The summed E-state index contributed by atoms with van der Waals surface area (Å²) in [5.74, 6) is 0.958. The average Bonchev–Trinajstić information content (AvgIpc) is 3.37. The third kappa shape index (κ3) is 7.65. The van der Waals surface area contributed by atoms with Crippen LogP contribution in [0.2, 0.25) is 0 Å². The lowest BCUT2D eigenvalue weighted by atomic mass is 10.0. The summed E-state index contributed by atoms with van der Waals surface area (Å²) in [5.41, 5.74) is 1.42. The summed E-state index contributed by atoms with van der Waals surface area (Å²) in [6.07, 6.45) is 15.2. The minimum absolute atomic E-state index is 0.331. The van der Waals surface area contributed by atoms with E-state index in [0.717, 1.165) is 18.8 Å². The molecule has 1 aliphatic heterocycles. The van der Waals surface area contributed by atoms with E-state index in [1.807, 2.05) is 0 Å². The molecule has 1 unspecified atom stereocenters. The lowest BCUT2D eigenvalue weighted by Crippen LogP contribution is -2.03. The molecule has 1 aromatic carbocycles. The Balaban J connectivity index is 1.48. The van der Waals surface area contributed by atoms with Gasteiger partial charge in [-0.3, -0.25) is 0 Å². The number of benzene rings is 1. The molecule has 1 fully saturated rings. The molecule has 22 heavy (non-hydrogen) atoms. The number of ether oxygens (including phenoxy) is 2. The predicted octanol–water partition coefficient (Wildman–Crippen LogP) is 5.31. The minimum Gasteiger partial charge on any atom is -0.491 e. The van der Waals surface area contributed by atoms with Crippen LogP contribution in [0.15, 0.2) is 36.4 Å². The van der Waals surface area contributed by atoms with Crippen LogP contribution >= 0.6 is 0 Å². The van der Waals surface area contributed by atoms with Crippen molar-refractivity contribution in [2.45, 2.75) is 64.4 Å². The van der Waals surface area contributed by atoms with E-state index >= 15 is 0 Å². The highest BCUT2D eigenvalue weighted by Crippen LogP contribution is 2.17. The summed E-state index contributed by atoms with van der Waals surface area (Å²) >= 11 is 0. The van der Waals surface area contributed by atoms with Crippen LogP contribution in [-0.4, -0.2) is 19.3 Å². The van der Waals surface area contributed by atoms with E-state index in [0.29, 0.717) is 12.7 Å². The summed E-state index contributed by atoms with van der Waals surface area (Å²) in [5, 5.41) is 0. The van der Waals surface area contributed by atoms with Crippen molar-refractivity contribution < 1.29 is 9.47 Å². The molecule has 2 rings (SSSR count). The standard InChI is InChI=1S/C20H30O2/c1-2-3-4-5-6-7-8-9-10-11-18-12-14-19(15-13-18)21-16-20-17-22-20/h3-4,12-15,20H,2,5-11,16-17H2,1H3/b4-3+. The first kappa shape index (κ1) is 17.1. The maximum atomic E-state index is 5.65. The third-order valence-corrected chi connectivity index (χ3v) is 4.00. The molecule has 0 aromatic heterocycles. The molecule has 0 N–H and O–H groups in total. The van der Waals surface area contributed by atoms with Crippen molar-refractivity contribution >= 4 is 0 Å². The molecule has 0 spiro atoms. The number of allylic oxidation sites excluding steroid dienone is 2. The Morgan fingerprint density at radius 2 is 1.77 bits per heavy atom. The fraction of sp³-hybridized carbons (Fsp3) is 0.600. The second kappa shape index (κ2) is 10.4. The van der Waals surface area contributed by atoms with Crippen LogP contribution in [0.3, 0.4) is 0 Å². The minimum atomic E-state index is 0.331. The molecule has 0 aliphatic carbocycles. The van der Waals surface area contributed by atoms with Gasteiger partial charge in [0.25, 0.3) is 0 Å². The van der Waals surface area contributed by atoms with E-state index < -0.39 is 0 Å². The Morgan fingerprint density at radius 3 is 2.50 bits per heavy atom. The van der Waals surface area contributed by atoms with Crippen molar-refractivity contribution in [2.24, 2.45) is 0 Å². The Hall–Kier alpha value is -1.28. The van der Waals surface area contributed by atoms with Gasteiger partial charge in [0.15, 0.2) is 0 Å². The first-order valence-electron chi connectivity index (χ1n) is 8.87. The molecule has 1 aliphatic rings. The van der Waals surface area contributed by atoms with Gasteiger partial charge in [-0.15, -0.1) is 0 Å². The zero-order chi connectivity index (χ0) is 15.5. The van der Waals surface area contributed by atoms with Crippen LogP contribution in [0.1, 0.15) is 57.4 Å². The maximum absolute atomic E-state index is 5.65. The van der Waals surface area contributed by atoms with Gasteiger partial charge >= 0.3 is 0 Å². The summed E-state index contributed by atoms with van der Waals surface area (Å²) in [4.78, 5) is 0. The number of hydrogen-bond donors (Lipinski definition) is 0. The fourth-order valence-corrected chi connectivity index (χ4v) is 2.51. The van der Waals surface area contributed by atoms with E-state index in [9.17, 15) is 0 Å². The Bertz CT molecular complexity index is 418. The van der Waals surface area contributed by atoms with E-state index in [-0.39, 0.29) is 0 Å². The van der Waals surface area contributed by atoms with Crippen LogP contribution in [0.25, 0.3) is 0 Å². The zero-order valence-electron chi connectivity index (χ0n) is 13.9. The highest BCUT2D eigenvalue weighted by molar-refractivity contribution is 5.27. The van der Waals surface area contributed by atoms with Crippen molar-refractivity contribution in [3.05, 3.63) is 42.0 Å². The molecule has 0 radical (unpaired) electrons. The normalized spacial score (nSPS) is 17.0. The van der Waals surface area contributed by atoms with Gasteiger partial charge in [0.2, 0.25) is 0 Å². The first-order valence-corrected chi connectivity index (χ1v) is 8.87. The summed E-state index contributed by atoms with van der Waals surface area (Å²) in [6.45, 7) is 3.73. The van der Waals surface area contributed by atoms with Crippen LogP contribution in [0, 0.1) is 0 Å². The van der Waals surface area contributed by atoms with Gasteiger partial charge in [-0.25, -0.2) is 0 Å². The lowest BCUT2D eigenvalue weighted by molar-refractivity contribution is 0.263. The molecule has 2 nitrogen and oxygen atoms in total. The smallest absolute Gasteiger partial charge is 0.119 e. The van der Waals surface area contributed by atoms with Gasteiger partial charge in [0.05, 0.1) is 6.61 Å². The first-order chi connectivity index (χ1) is 10.9.